The predicted molar refractivity (Wildman–Crippen MR) is 68.5 cm³/mol. The number of hydrogen-bond donors (Lipinski definition) is 2. The largest absolute Gasteiger partial charge is 0.478 e. The van der Waals surface area contributed by atoms with Crippen LogP contribution in [-0.2, 0) is 0 Å². The van der Waals surface area contributed by atoms with E-state index in [1.807, 2.05) is 0 Å². The van der Waals surface area contributed by atoms with Gasteiger partial charge in [-0.1, -0.05) is 11.6 Å². The number of carbonyl (C=O) groups is 1. The normalized spacial score (nSPS) is 10.1. The number of aromatic carboxylic acids is 1. The fourth-order valence-corrected chi connectivity index (χ4v) is 1.53. The highest BCUT2D eigenvalue weighted by molar-refractivity contribution is 6.30. The van der Waals surface area contributed by atoms with Gasteiger partial charge in [-0.05, 0) is 31.2 Å². The molecule has 0 bridgehead atoms. The third-order valence-electron chi connectivity index (χ3n) is 2.31. The monoisotopic (exact) mass is 263 g/mol. The maximum absolute atomic E-state index is 10.8. The molecule has 1 heterocycles. The fourth-order valence-electron chi connectivity index (χ4n) is 1.40. The number of benzene rings is 1. The van der Waals surface area contributed by atoms with Crippen LogP contribution in [0.4, 0.5) is 11.6 Å². The molecule has 0 atom stereocenters. The number of hydrogen-bond acceptors (Lipinski definition) is 4. The quantitative estimate of drug-likeness (QED) is 0.891. The smallest absolute Gasteiger partial charge is 0.339 e. The van der Waals surface area contributed by atoms with Crippen molar-refractivity contribution in [1.82, 2.24) is 9.97 Å². The Hall–Kier alpha value is -2.14. The first-order valence-electron chi connectivity index (χ1n) is 5.16. The molecule has 0 radical (unpaired) electrons. The second-order valence-corrected chi connectivity index (χ2v) is 4.07. The summed E-state index contributed by atoms with van der Waals surface area (Å²) in [4.78, 5) is 18.8. The van der Waals surface area contributed by atoms with Crippen LogP contribution in [-0.4, -0.2) is 21.0 Å². The van der Waals surface area contributed by atoms with Gasteiger partial charge in [0.05, 0.1) is 11.3 Å². The van der Waals surface area contributed by atoms with Gasteiger partial charge in [0.2, 0.25) is 5.95 Å². The van der Waals surface area contributed by atoms with Gasteiger partial charge in [0.15, 0.2) is 0 Å². The topological polar surface area (TPSA) is 75.1 Å². The lowest BCUT2D eigenvalue weighted by molar-refractivity contribution is 0.0695. The standard InChI is InChI=1S/C12H10ClN3O2/c1-7-10(11(17)18)6-14-12(15-7)16-9-4-2-8(13)3-5-9/h2-6H,1H3,(H,17,18)(H,14,15,16). The molecule has 18 heavy (non-hydrogen) atoms. The van der Waals surface area contributed by atoms with E-state index in [-0.39, 0.29) is 5.56 Å². The SMILES string of the molecule is Cc1nc(Nc2ccc(Cl)cc2)ncc1C(=O)O. The fraction of sp³-hybridized carbons (Fsp3) is 0.0833. The van der Waals surface area contributed by atoms with Crippen LogP contribution in [0.1, 0.15) is 16.1 Å². The molecule has 1 aromatic carbocycles. The van der Waals surface area contributed by atoms with E-state index >= 15 is 0 Å². The molecular weight excluding hydrogens is 254 g/mol. The highest BCUT2D eigenvalue weighted by atomic mass is 35.5. The van der Waals surface area contributed by atoms with Crippen LogP contribution in [0.5, 0.6) is 0 Å². The Morgan fingerprint density at radius 2 is 2.00 bits per heavy atom. The van der Waals surface area contributed by atoms with Gasteiger partial charge in [-0.2, -0.15) is 0 Å². The molecule has 0 saturated carbocycles. The molecule has 0 fully saturated rings. The molecule has 1 aromatic heterocycles. The number of carboxylic acids is 1. The Balaban J connectivity index is 2.22. The van der Waals surface area contributed by atoms with Crippen molar-refractivity contribution in [3.05, 3.63) is 46.7 Å². The second-order valence-electron chi connectivity index (χ2n) is 3.63. The van der Waals surface area contributed by atoms with Crippen LogP contribution in [0, 0.1) is 6.92 Å². The lowest BCUT2D eigenvalue weighted by Crippen LogP contribution is -2.05. The number of rotatable bonds is 3. The molecule has 0 aliphatic rings. The average molecular weight is 264 g/mol. The molecule has 6 heteroatoms. The highest BCUT2D eigenvalue weighted by Crippen LogP contribution is 2.17. The molecule has 2 rings (SSSR count). The summed E-state index contributed by atoms with van der Waals surface area (Å²) in [5, 5.41) is 12.5. The van der Waals surface area contributed by atoms with Crippen LogP contribution in [0.3, 0.4) is 0 Å². The van der Waals surface area contributed by atoms with Crippen molar-refractivity contribution in [3.63, 3.8) is 0 Å². The summed E-state index contributed by atoms with van der Waals surface area (Å²) in [7, 11) is 0. The zero-order valence-electron chi connectivity index (χ0n) is 9.51. The molecule has 0 amide bonds. The molecule has 0 unspecified atom stereocenters. The molecular formula is C12H10ClN3O2. The lowest BCUT2D eigenvalue weighted by atomic mass is 10.2. The minimum absolute atomic E-state index is 0.0941. The molecule has 0 spiro atoms. The van der Waals surface area contributed by atoms with Gasteiger partial charge in [-0.15, -0.1) is 0 Å². The molecule has 0 aliphatic heterocycles. The number of carboxylic acid groups (broad SMARTS) is 1. The summed E-state index contributed by atoms with van der Waals surface area (Å²) in [5.74, 6) is -0.689. The van der Waals surface area contributed by atoms with E-state index in [2.05, 4.69) is 15.3 Å². The Morgan fingerprint density at radius 1 is 1.33 bits per heavy atom. The van der Waals surface area contributed by atoms with Crippen molar-refractivity contribution in [2.45, 2.75) is 6.92 Å². The molecule has 0 aliphatic carbocycles. The minimum atomic E-state index is -1.04. The number of aromatic nitrogens is 2. The molecule has 2 aromatic rings. The first-order valence-corrected chi connectivity index (χ1v) is 5.53. The van der Waals surface area contributed by atoms with Crippen LogP contribution in [0.25, 0.3) is 0 Å². The van der Waals surface area contributed by atoms with Crippen molar-refractivity contribution in [2.75, 3.05) is 5.32 Å². The van der Waals surface area contributed by atoms with Crippen LogP contribution in [0.15, 0.2) is 30.5 Å². The van der Waals surface area contributed by atoms with Crippen LogP contribution in [0.2, 0.25) is 5.02 Å². The Bertz CT molecular complexity index is 584. The predicted octanol–water partition coefficient (Wildman–Crippen LogP) is 2.88. The van der Waals surface area contributed by atoms with Crippen LogP contribution < -0.4 is 5.32 Å². The van der Waals surface area contributed by atoms with Gasteiger partial charge < -0.3 is 10.4 Å². The molecule has 2 N–H and O–H groups in total. The van der Waals surface area contributed by atoms with E-state index in [0.717, 1.165) is 5.69 Å². The Labute approximate surface area is 108 Å². The Kier molecular flexibility index (Phi) is 3.43. The summed E-state index contributed by atoms with van der Waals surface area (Å²) in [6, 6.07) is 7.04. The zero-order valence-corrected chi connectivity index (χ0v) is 10.3. The average Bonchev–Trinajstić information content (AvgIpc) is 2.32. The maximum Gasteiger partial charge on any atom is 0.339 e. The molecule has 92 valence electrons. The van der Waals surface area contributed by atoms with Crippen molar-refractivity contribution in [2.24, 2.45) is 0 Å². The van der Waals surface area contributed by atoms with Gasteiger partial charge in [-0.25, -0.2) is 14.8 Å². The van der Waals surface area contributed by atoms with E-state index in [1.54, 1.807) is 31.2 Å². The minimum Gasteiger partial charge on any atom is -0.478 e. The van der Waals surface area contributed by atoms with Crippen molar-refractivity contribution in [3.8, 4) is 0 Å². The number of aryl methyl sites for hydroxylation is 1. The molecule has 5 nitrogen and oxygen atoms in total. The van der Waals surface area contributed by atoms with E-state index < -0.39 is 5.97 Å². The summed E-state index contributed by atoms with van der Waals surface area (Å²) >= 11 is 5.77. The summed E-state index contributed by atoms with van der Waals surface area (Å²) in [6.45, 7) is 1.62. The Morgan fingerprint density at radius 3 is 2.56 bits per heavy atom. The van der Waals surface area contributed by atoms with Crippen LogP contribution >= 0.6 is 11.6 Å². The third kappa shape index (κ3) is 2.75. The van der Waals surface area contributed by atoms with Crippen molar-refractivity contribution < 1.29 is 9.90 Å². The maximum atomic E-state index is 10.8. The molecule has 0 saturated heterocycles. The van der Waals surface area contributed by atoms with E-state index in [0.29, 0.717) is 16.7 Å². The first kappa shape index (κ1) is 12.3. The van der Waals surface area contributed by atoms with Crippen molar-refractivity contribution in [1.29, 1.82) is 0 Å². The van der Waals surface area contributed by atoms with Gasteiger partial charge in [0, 0.05) is 16.9 Å². The highest BCUT2D eigenvalue weighted by Gasteiger charge is 2.09. The van der Waals surface area contributed by atoms with Gasteiger partial charge in [0.1, 0.15) is 0 Å². The lowest BCUT2D eigenvalue weighted by Gasteiger charge is -2.06. The summed E-state index contributed by atoms with van der Waals surface area (Å²) < 4.78 is 0. The first-order chi connectivity index (χ1) is 8.56. The zero-order chi connectivity index (χ0) is 13.1. The van der Waals surface area contributed by atoms with Gasteiger partial charge in [0.25, 0.3) is 0 Å². The van der Waals surface area contributed by atoms with E-state index in [1.165, 1.54) is 6.20 Å². The number of nitrogens with zero attached hydrogens (tertiary/aromatic N) is 2. The summed E-state index contributed by atoms with van der Waals surface area (Å²) in [6.07, 6.45) is 1.28. The number of nitrogens with one attached hydrogen (secondary N) is 1. The number of anilines is 2. The van der Waals surface area contributed by atoms with E-state index in [4.69, 9.17) is 16.7 Å². The third-order valence-corrected chi connectivity index (χ3v) is 2.56. The second kappa shape index (κ2) is 5.01. The van der Waals surface area contributed by atoms with Gasteiger partial charge >= 0.3 is 5.97 Å². The van der Waals surface area contributed by atoms with Gasteiger partial charge in [-0.3, -0.25) is 0 Å². The van der Waals surface area contributed by atoms with E-state index in [9.17, 15) is 4.79 Å². The van der Waals surface area contributed by atoms with Crippen molar-refractivity contribution >= 4 is 29.2 Å². The number of halogens is 1. The summed E-state index contributed by atoms with van der Waals surface area (Å²) in [5.41, 5.74) is 1.28.